The predicted octanol–water partition coefficient (Wildman–Crippen LogP) is 2.97. The molecule has 0 bridgehead atoms. The molecule has 0 fully saturated rings. The highest BCUT2D eigenvalue weighted by Crippen LogP contribution is 2.18. The first-order chi connectivity index (χ1) is 12.7. The summed E-state index contributed by atoms with van der Waals surface area (Å²) in [4.78, 5) is 20.4. The maximum Gasteiger partial charge on any atom is 0.422 e. The predicted molar refractivity (Wildman–Crippen MR) is 99.0 cm³/mol. The highest BCUT2D eigenvalue weighted by molar-refractivity contribution is 6.40. The number of nitrogens with zero attached hydrogens (tertiary/aromatic N) is 3. The molecule has 0 saturated heterocycles. The summed E-state index contributed by atoms with van der Waals surface area (Å²) in [5.74, 6) is -1.19. The van der Waals surface area contributed by atoms with Crippen molar-refractivity contribution >= 4 is 11.7 Å². The van der Waals surface area contributed by atoms with E-state index in [2.05, 4.69) is 14.7 Å². The van der Waals surface area contributed by atoms with Crippen LogP contribution in [0, 0.1) is 0 Å². The van der Waals surface area contributed by atoms with Gasteiger partial charge in [0.05, 0.1) is 0 Å². The van der Waals surface area contributed by atoms with E-state index in [-0.39, 0.29) is 23.8 Å². The molecule has 2 rings (SSSR count). The summed E-state index contributed by atoms with van der Waals surface area (Å²) in [5.41, 5.74) is 6.82. The Morgan fingerprint density at radius 1 is 1.32 bits per heavy atom. The number of hydrogen-bond acceptors (Lipinski definition) is 6. The van der Waals surface area contributed by atoms with E-state index in [0.29, 0.717) is 6.54 Å². The Balaban J connectivity index is 0.000000696. The van der Waals surface area contributed by atoms with Gasteiger partial charge in [-0.25, -0.2) is 9.78 Å². The van der Waals surface area contributed by atoms with Crippen LogP contribution in [0.15, 0.2) is 35.1 Å². The third-order valence-corrected chi connectivity index (χ3v) is 3.03. The molecule has 1 aromatic rings. The Morgan fingerprint density at radius 3 is 2.36 bits per heavy atom. The van der Waals surface area contributed by atoms with Crippen molar-refractivity contribution in [3.8, 4) is 5.88 Å². The van der Waals surface area contributed by atoms with Gasteiger partial charge in [0.1, 0.15) is 12.4 Å². The van der Waals surface area contributed by atoms with Gasteiger partial charge in [0.15, 0.2) is 6.61 Å². The summed E-state index contributed by atoms with van der Waals surface area (Å²) in [5, 5.41) is 8.87. The molecule has 0 saturated carbocycles. The number of carboxylic acid groups (broad SMARTS) is 1. The molecule has 156 valence electrons. The molecule has 2 heterocycles. The van der Waals surface area contributed by atoms with Crippen molar-refractivity contribution in [3.05, 3.63) is 35.7 Å². The molecule has 3 N–H and O–H groups in total. The lowest BCUT2D eigenvalue weighted by molar-refractivity contribution is -0.154. The van der Waals surface area contributed by atoms with Crippen LogP contribution in [0.4, 0.5) is 13.2 Å². The fourth-order valence-electron chi connectivity index (χ4n) is 1.88. The Bertz CT molecular complexity index is 717. The van der Waals surface area contributed by atoms with E-state index in [9.17, 15) is 18.0 Å². The lowest BCUT2D eigenvalue weighted by Gasteiger charge is -2.26. The number of aliphatic imine (C=N–C) groups is 1. The molecule has 0 unspecified atom stereocenters. The fourth-order valence-corrected chi connectivity index (χ4v) is 1.88. The third-order valence-electron chi connectivity index (χ3n) is 3.03. The lowest BCUT2D eigenvalue weighted by Crippen LogP contribution is -2.28. The highest BCUT2D eigenvalue weighted by atomic mass is 19.4. The summed E-state index contributed by atoms with van der Waals surface area (Å²) in [7, 11) is 0. The van der Waals surface area contributed by atoms with Crippen molar-refractivity contribution in [1.82, 2.24) is 9.88 Å². The van der Waals surface area contributed by atoms with Crippen LogP contribution in [0.5, 0.6) is 5.88 Å². The Labute approximate surface area is 161 Å². The summed E-state index contributed by atoms with van der Waals surface area (Å²) in [6, 6.07) is 2.96. The number of carboxylic acids is 1. The number of allylic oxidation sites excluding steroid dienone is 1. The second-order valence-corrected chi connectivity index (χ2v) is 7.25. The molecule has 10 heteroatoms. The maximum absolute atomic E-state index is 12.0. The smallest absolute Gasteiger partial charge is 0.422 e. The van der Waals surface area contributed by atoms with Crippen molar-refractivity contribution in [2.24, 2.45) is 10.7 Å². The summed E-state index contributed by atoms with van der Waals surface area (Å²) in [6.07, 6.45) is -1.54. The molecule has 1 aliphatic rings. The van der Waals surface area contributed by atoms with Gasteiger partial charge in [-0.3, -0.25) is 4.99 Å². The van der Waals surface area contributed by atoms with Crippen LogP contribution in [-0.4, -0.2) is 51.7 Å². The summed E-state index contributed by atoms with van der Waals surface area (Å²) >= 11 is 0. The molecule has 0 aromatic carbocycles. The number of nitrogens with two attached hydrogens (primary N) is 1. The van der Waals surface area contributed by atoms with Crippen LogP contribution in [0.2, 0.25) is 0 Å². The normalized spacial score (nSPS) is 14.5. The zero-order chi connectivity index (χ0) is 21.5. The molecule has 28 heavy (non-hydrogen) atoms. The molecule has 0 amide bonds. The number of pyridine rings is 1. The molecular formula is C18H25F3N4O3. The second kappa shape index (κ2) is 9.54. The number of hydrogen-bond donors (Lipinski definition) is 2. The number of ether oxygens (including phenoxy) is 1. The van der Waals surface area contributed by atoms with Crippen molar-refractivity contribution in [3.63, 3.8) is 0 Å². The standard InChI is InChI=1S/C14H14F3N3O3.C4H11N/c1-9-4-11(13(21)22)19-8-20(9)6-10-2-3-12(18-5-10)23-7-14(15,16)17;1-4(2,3)5/h2-5H,6-8H2,1H3,(H,21,22);5H2,1-3H3. The molecule has 7 nitrogen and oxygen atoms in total. The van der Waals surface area contributed by atoms with Crippen molar-refractivity contribution in [2.45, 2.75) is 46.0 Å². The van der Waals surface area contributed by atoms with Crippen LogP contribution in [0.3, 0.4) is 0 Å². The van der Waals surface area contributed by atoms with E-state index in [4.69, 9.17) is 10.8 Å². The topological polar surface area (TPSA) is 101 Å². The first kappa shape index (κ1) is 23.4. The monoisotopic (exact) mass is 402 g/mol. The number of aromatic nitrogens is 1. The number of rotatable bonds is 5. The number of halogens is 3. The molecule has 0 radical (unpaired) electrons. The summed E-state index contributed by atoms with van der Waals surface area (Å²) in [6.45, 7) is 6.86. The Hall–Kier alpha value is -2.62. The summed E-state index contributed by atoms with van der Waals surface area (Å²) < 4.78 is 40.7. The molecular weight excluding hydrogens is 377 g/mol. The SMILES string of the molecule is CC(C)(C)N.CC1=CC(C(=O)O)=NCN1Cc1ccc(OCC(F)(F)F)nc1. The van der Waals surface area contributed by atoms with E-state index >= 15 is 0 Å². The van der Waals surface area contributed by atoms with Gasteiger partial charge in [-0.05, 0) is 39.3 Å². The Kier molecular flexibility index (Phi) is 7.98. The van der Waals surface area contributed by atoms with Gasteiger partial charge in [-0.1, -0.05) is 6.07 Å². The minimum absolute atomic E-state index is 0. The molecule has 0 atom stereocenters. The van der Waals surface area contributed by atoms with Gasteiger partial charge in [-0.2, -0.15) is 13.2 Å². The number of carbonyl (C=O) groups is 1. The highest BCUT2D eigenvalue weighted by Gasteiger charge is 2.28. The Morgan fingerprint density at radius 2 is 1.93 bits per heavy atom. The van der Waals surface area contributed by atoms with Crippen LogP contribution in [-0.2, 0) is 11.3 Å². The van der Waals surface area contributed by atoms with Gasteiger partial charge in [0.2, 0.25) is 5.88 Å². The van der Waals surface area contributed by atoms with E-state index < -0.39 is 18.8 Å². The number of alkyl halides is 3. The van der Waals surface area contributed by atoms with E-state index in [1.165, 1.54) is 18.3 Å². The largest absolute Gasteiger partial charge is 0.477 e. The van der Waals surface area contributed by atoms with E-state index in [1.54, 1.807) is 13.0 Å². The van der Waals surface area contributed by atoms with Crippen LogP contribution >= 0.6 is 0 Å². The van der Waals surface area contributed by atoms with E-state index in [0.717, 1.165) is 11.3 Å². The van der Waals surface area contributed by atoms with Crippen LogP contribution < -0.4 is 10.5 Å². The number of aliphatic carboxylic acids is 1. The van der Waals surface area contributed by atoms with Gasteiger partial charge in [0.25, 0.3) is 0 Å². The first-order valence-electron chi connectivity index (χ1n) is 8.39. The van der Waals surface area contributed by atoms with Gasteiger partial charge in [-0.15, -0.1) is 0 Å². The minimum Gasteiger partial charge on any atom is -0.477 e. The molecule has 1 aromatic heterocycles. The average molecular weight is 402 g/mol. The van der Waals surface area contributed by atoms with Crippen LogP contribution in [0.1, 0.15) is 33.3 Å². The van der Waals surface area contributed by atoms with Crippen molar-refractivity contribution in [2.75, 3.05) is 13.3 Å². The third kappa shape index (κ3) is 9.91. The van der Waals surface area contributed by atoms with Crippen molar-refractivity contribution in [1.29, 1.82) is 0 Å². The van der Waals surface area contributed by atoms with Crippen molar-refractivity contribution < 1.29 is 27.8 Å². The molecule has 0 aliphatic carbocycles. The fraction of sp³-hybridized carbons (Fsp3) is 0.500. The van der Waals surface area contributed by atoms with E-state index in [1.807, 2.05) is 25.7 Å². The van der Waals surface area contributed by atoms with Gasteiger partial charge in [0, 0.05) is 30.0 Å². The molecule has 1 aliphatic heterocycles. The first-order valence-corrected chi connectivity index (χ1v) is 8.39. The minimum atomic E-state index is -4.41. The zero-order valence-corrected chi connectivity index (χ0v) is 16.2. The quantitative estimate of drug-likeness (QED) is 0.785. The maximum atomic E-state index is 12.0. The zero-order valence-electron chi connectivity index (χ0n) is 16.2. The van der Waals surface area contributed by atoms with Crippen LogP contribution in [0.25, 0.3) is 0 Å². The average Bonchev–Trinajstić information content (AvgIpc) is 2.53. The van der Waals surface area contributed by atoms with Gasteiger partial charge >= 0.3 is 12.1 Å². The lowest BCUT2D eigenvalue weighted by atomic mass is 10.1. The molecule has 0 spiro atoms. The van der Waals surface area contributed by atoms with Gasteiger partial charge < -0.3 is 20.5 Å². The second-order valence-electron chi connectivity index (χ2n) is 7.25.